The molecule has 0 aliphatic carbocycles. The van der Waals surface area contributed by atoms with Crippen molar-refractivity contribution < 1.29 is 18.0 Å². The monoisotopic (exact) mass is 408 g/mol. The zero-order valence-corrected chi connectivity index (χ0v) is 15.4. The molecule has 138 valence electrons. The number of halogens is 3. The Labute approximate surface area is 160 Å². The lowest BCUT2D eigenvalue weighted by molar-refractivity contribution is -0.138. The van der Waals surface area contributed by atoms with Gasteiger partial charge in [0.2, 0.25) is 0 Å². The molecule has 0 aromatic carbocycles. The van der Waals surface area contributed by atoms with Crippen LogP contribution in [0, 0.1) is 22.7 Å². The van der Waals surface area contributed by atoms with E-state index in [1.807, 2.05) is 0 Å². The Balaban J connectivity index is 2.50. The predicted molar refractivity (Wildman–Crippen MR) is 95.5 cm³/mol. The molecule has 2 N–H and O–H groups in total. The van der Waals surface area contributed by atoms with Crippen molar-refractivity contribution in [3.05, 3.63) is 46.0 Å². The van der Waals surface area contributed by atoms with Crippen molar-refractivity contribution in [1.82, 2.24) is 4.98 Å². The number of Topliss-reactive ketones (excluding diaryl/α,β-unsaturated/α-hetero) is 1. The van der Waals surface area contributed by atoms with Gasteiger partial charge in [-0.05, 0) is 24.4 Å². The van der Waals surface area contributed by atoms with Crippen LogP contribution in [0.3, 0.4) is 0 Å². The fourth-order valence-corrected chi connectivity index (χ4v) is 3.65. The fourth-order valence-electron chi connectivity index (χ4n) is 2.08. The van der Waals surface area contributed by atoms with Gasteiger partial charge in [-0.1, -0.05) is 17.8 Å². The molecule has 0 amide bonds. The van der Waals surface area contributed by atoms with E-state index in [4.69, 9.17) is 11.0 Å². The Morgan fingerprint density at radius 3 is 2.59 bits per heavy atom. The molecule has 2 aromatic heterocycles. The quantitative estimate of drug-likeness (QED) is 0.453. The number of nitrogens with two attached hydrogens (primary N) is 1. The molecule has 10 heteroatoms. The van der Waals surface area contributed by atoms with E-state index in [9.17, 15) is 23.2 Å². The van der Waals surface area contributed by atoms with Crippen LogP contribution in [0.25, 0.3) is 10.6 Å². The summed E-state index contributed by atoms with van der Waals surface area (Å²) in [6.07, 6.45) is -4.76. The number of carbonyl (C=O) groups excluding carboxylic acids is 1. The topological polar surface area (TPSA) is 104 Å². The number of pyridine rings is 1. The number of thioether (sulfide) groups is 1. The number of rotatable bonds is 5. The van der Waals surface area contributed by atoms with E-state index in [2.05, 4.69) is 4.98 Å². The predicted octanol–water partition coefficient (Wildman–Crippen LogP) is 4.12. The average Bonchev–Trinajstić information content (AvgIpc) is 3.13. The molecule has 0 fully saturated rings. The molecule has 0 bridgehead atoms. The van der Waals surface area contributed by atoms with Crippen molar-refractivity contribution in [3.63, 3.8) is 0 Å². The number of nitrogens with zero attached hydrogens (tertiary/aromatic N) is 3. The minimum Gasteiger partial charge on any atom is -0.401 e. The Morgan fingerprint density at radius 2 is 2.11 bits per heavy atom. The van der Waals surface area contributed by atoms with Gasteiger partial charge in [0.1, 0.15) is 22.7 Å². The summed E-state index contributed by atoms with van der Waals surface area (Å²) in [6.45, 7) is 1.37. The minimum absolute atomic E-state index is 0.0138. The van der Waals surface area contributed by atoms with Crippen LogP contribution >= 0.6 is 23.1 Å². The highest BCUT2D eigenvalue weighted by Gasteiger charge is 2.36. The number of thiophene rings is 1. The third kappa shape index (κ3) is 4.67. The Kier molecular flexibility index (Phi) is 6.26. The van der Waals surface area contributed by atoms with Crippen LogP contribution in [-0.2, 0) is 11.0 Å². The van der Waals surface area contributed by atoms with Crippen LogP contribution in [0.1, 0.15) is 18.1 Å². The first-order chi connectivity index (χ1) is 12.7. The van der Waals surface area contributed by atoms with E-state index < -0.39 is 23.1 Å². The van der Waals surface area contributed by atoms with Crippen molar-refractivity contribution in [2.45, 2.75) is 18.1 Å². The molecule has 0 saturated heterocycles. The van der Waals surface area contributed by atoms with Crippen LogP contribution in [-0.4, -0.2) is 16.5 Å². The van der Waals surface area contributed by atoms with Crippen LogP contribution in [0.2, 0.25) is 0 Å². The van der Waals surface area contributed by atoms with Gasteiger partial charge in [-0.15, -0.1) is 11.3 Å². The molecule has 2 aromatic rings. The molecule has 27 heavy (non-hydrogen) atoms. The maximum absolute atomic E-state index is 13.4. The first-order valence-electron chi connectivity index (χ1n) is 7.27. The molecule has 5 nitrogen and oxygen atoms in total. The molecular formula is C17H11F3N4OS2. The number of aromatic nitrogens is 1. The smallest absolute Gasteiger partial charge is 0.401 e. The number of hydrogen-bond acceptors (Lipinski definition) is 7. The molecular weight excluding hydrogens is 397 g/mol. The highest BCUT2D eigenvalue weighted by atomic mass is 32.2. The Hall–Kier alpha value is -2.82. The van der Waals surface area contributed by atoms with Gasteiger partial charge in [0.15, 0.2) is 5.78 Å². The molecule has 2 heterocycles. The van der Waals surface area contributed by atoms with E-state index >= 15 is 0 Å². The normalized spacial score (nSPS) is 12.1. The summed E-state index contributed by atoms with van der Waals surface area (Å²) < 4.78 is 40.2. The molecule has 0 saturated carbocycles. The van der Waals surface area contributed by atoms with E-state index in [-0.39, 0.29) is 27.7 Å². The molecule has 0 atom stereocenters. The summed E-state index contributed by atoms with van der Waals surface area (Å²) in [7, 11) is 0. The van der Waals surface area contributed by atoms with Gasteiger partial charge >= 0.3 is 6.18 Å². The highest BCUT2D eigenvalue weighted by molar-refractivity contribution is 8.00. The van der Waals surface area contributed by atoms with Crippen molar-refractivity contribution in [1.29, 1.82) is 10.5 Å². The summed E-state index contributed by atoms with van der Waals surface area (Å²) in [6, 6.07) is 7.27. The second-order valence-corrected chi connectivity index (χ2v) is 7.12. The molecule has 0 radical (unpaired) electrons. The van der Waals surface area contributed by atoms with Gasteiger partial charge in [-0.3, -0.25) is 4.79 Å². The molecule has 0 aliphatic heterocycles. The van der Waals surface area contributed by atoms with E-state index in [1.165, 1.54) is 24.3 Å². The number of ketones is 1. The van der Waals surface area contributed by atoms with Crippen molar-refractivity contribution in [3.8, 4) is 22.7 Å². The average molecular weight is 408 g/mol. The number of carbonyl (C=O) groups is 1. The third-order valence-corrected chi connectivity index (χ3v) is 5.17. The maximum atomic E-state index is 13.4. The lowest BCUT2D eigenvalue weighted by atomic mass is 10.1. The summed E-state index contributed by atoms with van der Waals surface area (Å²) in [4.78, 5) is 16.7. The summed E-state index contributed by atoms with van der Waals surface area (Å²) >= 11 is 1.86. The van der Waals surface area contributed by atoms with Gasteiger partial charge in [-0.2, -0.15) is 23.7 Å². The second-order valence-electron chi connectivity index (χ2n) is 5.20. The Bertz CT molecular complexity index is 979. The van der Waals surface area contributed by atoms with Crippen LogP contribution in [0.4, 0.5) is 13.2 Å². The fraction of sp³-hybridized carbons (Fsp3) is 0.176. The maximum Gasteiger partial charge on any atom is 0.417 e. The number of nitriles is 2. The van der Waals surface area contributed by atoms with Crippen molar-refractivity contribution >= 4 is 28.9 Å². The molecule has 0 aliphatic rings. The number of allylic oxidation sites excluding steroid dienone is 2. The summed E-state index contributed by atoms with van der Waals surface area (Å²) in [5.74, 6) is -1.02. The van der Waals surface area contributed by atoms with Crippen LogP contribution in [0.15, 0.2) is 39.9 Å². The number of hydrogen-bond donors (Lipinski definition) is 1. The van der Waals surface area contributed by atoms with E-state index in [0.717, 1.165) is 6.07 Å². The first kappa shape index (κ1) is 20.5. The van der Waals surface area contributed by atoms with E-state index in [0.29, 0.717) is 16.6 Å². The second kappa shape index (κ2) is 8.25. The Morgan fingerprint density at radius 1 is 1.41 bits per heavy atom. The SMILES string of the molecule is C/C(N)=C(/C#N)C(=O)CSc1nc(-c2cccs2)cc(C(F)(F)F)c1C#N. The van der Waals surface area contributed by atoms with Gasteiger partial charge in [0.05, 0.1) is 27.5 Å². The number of alkyl halides is 3. The lowest BCUT2D eigenvalue weighted by Gasteiger charge is -2.13. The molecule has 0 unspecified atom stereocenters. The van der Waals surface area contributed by atoms with Gasteiger partial charge in [-0.25, -0.2) is 4.98 Å². The van der Waals surface area contributed by atoms with Crippen LogP contribution in [0.5, 0.6) is 0 Å². The minimum atomic E-state index is -4.76. The largest absolute Gasteiger partial charge is 0.417 e. The van der Waals surface area contributed by atoms with E-state index in [1.54, 1.807) is 23.6 Å². The van der Waals surface area contributed by atoms with Crippen molar-refractivity contribution in [2.24, 2.45) is 5.73 Å². The van der Waals surface area contributed by atoms with Crippen molar-refractivity contribution in [2.75, 3.05) is 5.75 Å². The van der Waals surface area contributed by atoms with Gasteiger partial charge in [0, 0.05) is 5.70 Å². The highest BCUT2D eigenvalue weighted by Crippen LogP contribution is 2.38. The molecule has 0 spiro atoms. The van der Waals surface area contributed by atoms with Gasteiger partial charge < -0.3 is 5.73 Å². The van der Waals surface area contributed by atoms with Crippen LogP contribution < -0.4 is 5.73 Å². The molecule has 2 rings (SSSR count). The lowest BCUT2D eigenvalue weighted by Crippen LogP contribution is -2.12. The third-order valence-electron chi connectivity index (χ3n) is 3.30. The zero-order valence-electron chi connectivity index (χ0n) is 13.8. The summed E-state index contributed by atoms with van der Waals surface area (Å²) in [5, 5.41) is 19.6. The standard InChI is InChI=1S/C17H11F3N4OS2/c1-9(23)10(6-21)14(25)8-27-16-11(7-22)12(17(18,19)20)5-13(24-16)15-3-2-4-26-15/h2-5H,8,23H2,1H3/b10-9+. The first-order valence-corrected chi connectivity index (χ1v) is 9.14. The zero-order chi connectivity index (χ0) is 20.2. The summed E-state index contributed by atoms with van der Waals surface area (Å²) in [5.41, 5.74) is 3.47. The van der Waals surface area contributed by atoms with Gasteiger partial charge in [0.25, 0.3) is 0 Å².